The summed E-state index contributed by atoms with van der Waals surface area (Å²) in [7, 11) is -2.83. The van der Waals surface area contributed by atoms with Crippen molar-refractivity contribution in [2.75, 3.05) is 37.7 Å². The summed E-state index contributed by atoms with van der Waals surface area (Å²) in [6, 6.07) is 8.02. The van der Waals surface area contributed by atoms with Gasteiger partial charge in [0.15, 0.2) is 9.84 Å². The second-order valence-corrected chi connectivity index (χ2v) is 9.61. The van der Waals surface area contributed by atoms with Crippen molar-refractivity contribution in [3.05, 3.63) is 40.4 Å². The zero-order valence-corrected chi connectivity index (χ0v) is 15.9. The first-order valence-corrected chi connectivity index (χ1v) is 10.8. The minimum Gasteiger partial charge on any atom is -0.329 e. The molecular weight excluding hydrogens is 392 g/mol. The first-order valence-electron chi connectivity index (χ1n) is 8.20. The summed E-state index contributed by atoms with van der Waals surface area (Å²) in [5, 5.41) is 0. The third-order valence-corrected chi connectivity index (χ3v) is 7.11. The van der Waals surface area contributed by atoms with Gasteiger partial charge in [-0.3, -0.25) is 4.79 Å². The number of halogens is 1. The largest absolute Gasteiger partial charge is 0.329 e. The van der Waals surface area contributed by atoms with E-state index in [1.165, 1.54) is 4.90 Å². The van der Waals surface area contributed by atoms with Crippen molar-refractivity contribution in [2.45, 2.75) is 12.5 Å². The summed E-state index contributed by atoms with van der Waals surface area (Å²) in [5.41, 5.74) is 0.993. The van der Waals surface area contributed by atoms with Gasteiger partial charge in [-0.15, -0.1) is 0 Å². The number of rotatable bonds is 3. The molecule has 2 aliphatic heterocycles. The molecule has 0 aromatic heterocycles. The second kappa shape index (κ2) is 7.37. The summed E-state index contributed by atoms with van der Waals surface area (Å²) in [6.45, 7) is 3.04. The number of carbonyl (C=O) groups excluding carboxylic acids is 1. The Morgan fingerprint density at radius 2 is 1.88 bits per heavy atom. The van der Waals surface area contributed by atoms with E-state index >= 15 is 0 Å². The van der Waals surface area contributed by atoms with Gasteiger partial charge in [0.1, 0.15) is 11.8 Å². The van der Waals surface area contributed by atoms with Gasteiger partial charge < -0.3 is 9.80 Å². The lowest BCUT2D eigenvalue weighted by Gasteiger charge is -2.34. The van der Waals surface area contributed by atoms with Crippen LogP contribution in [0.5, 0.6) is 0 Å². The van der Waals surface area contributed by atoms with Crippen molar-refractivity contribution in [2.24, 2.45) is 0 Å². The fraction of sp³-hybridized carbons (Fsp3) is 0.471. The van der Waals surface area contributed by atoms with Gasteiger partial charge in [-0.2, -0.15) is 0 Å². The maximum Gasteiger partial charge on any atom is 0.246 e. The Kier molecular flexibility index (Phi) is 5.42. The van der Waals surface area contributed by atoms with Crippen molar-refractivity contribution < 1.29 is 18.1 Å². The van der Waals surface area contributed by atoms with Gasteiger partial charge in [0.25, 0.3) is 0 Å². The molecule has 5 nitrogen and oxygen atoms in total. The highest BCUT2D eigenvalue weighted by Gasteiger charge is 2.37. The lowest BCUT2D eigenvalue weighted by atomic mass is 10.2. The number of quaternary nitrogens is 1. The monoisotopic (exact) mass is 413 g/mol. The van der Waals surface area contributed by atoms with E-state index in [-0.39, 0.29) is 11.9 Å². The van der Waals surface area contributed by atoms with Crippen LogP contribution in [0.2, 0.25) is 0 Å². The van der Waals surface area contributed by atoms with Gasteiger partial charge >= 0.3 is 0 Å². The van der Waals surface area contributed by atoms with Gasteiger partial charge in [0, 0.05) is 17.0 Å². The van der Waals surface area contributed by atoms with Crippen molar-refractivity contribution >= 4 is 37.8 Å². The summed E-state index contributed by atoms with van der Waals surface area (Å²) in [4.78, 5) is 15.5. The van der Waals surface area contributed by atoms with Gasteiger partial charge in [0.2, 0.25) is 5.91 Å². The van der Waals surface area contributed by atoms with Crippen LogP contribution in [0.15, 0.2) is 34.8 Å². The van der Waals surface area contributed by atoms with Crippen LogP contribution in [-0.2, 0) is 14.6 Å². The molecule has 130 valence electrons. The Labute approximate surface area is 151 Å². The van der Waals surface area contributed by atoms with E-state index in [9.17, 15) is 13.2 Å². The molecule has 0 bridgehead atoms. The van der Waals surface area contributed by atoms with Crippen LogP contribution >= 0.6 is 15.9 Å². The molecule has 1 aromatic rings. The minimum atomic E-state index is -2.83. The Morgan fingerprint density at radius 1 is 1.21 bits per heavy atom. The molecule has 1 N–H and O–H groups in total. The highest BCUT2D eigenvalue weighted by molar-refractivity contribution is 9.10. The fourth-order valence-corrected chi connectivity index (χ4v) is 5.48. The number of nitrogens with zero attached hydrogens (tertiary/aromatic N) is 1. The van der Waals surface area contributed by atoms with Crippen molar-refractivity contribution in [1.82, 2.24) is 4.90 Å². The number of hydrogen-bond donors (Lipinski definition) is 1. The van der Waals surface area contributed by atoms with Gasteiger partial charge in [-0.05, 0) is 23.8 Å². The summed E-state index contributed by atoms with van der Waals surface area (Å²) < 4.78 is 24.2. The van der Waals surface area contributed by atoms with Crippen LogP contribution in [-0.4, -0.2) is 63.0 Å². The highest BCUT2D eigenvalue weighted by Crippen LogP contribution is 2.12. The average Bonchev–Trinajstić information content (AvgIpc) is 2.94. The normalized spacial score (nSPS) is 24.5. The van der Waals surface area contributed by atoms with E-state index in [4.69, 9.17) is 0 Å². The zero-order valence-electron chi connectivity index (χ0n) is 13.4. The Bertz CT molecular complexity index is 723. The molecule has 3 rings (SSSR count). The van der Waals surface area contributed by atoms with E-state index in [1.807, 2.05) is 35.2 Å². The third-order valence-electron chi connectivity index (χ3n) is 4.82. The molecule has 2 fully saturated rings. The van der Waals surface area contributed by atoms with Crippen LogP contribution in [0.1, 0.15) is 12.0 Å². The fourth-order valence-electron chi connectivity index (χ4n) is 3.39. The SMILES string of the molecule is O=C(/C=C/c1ccc(Br)cc1)N1CC[NH+]([C@@H]2CCS(=O)(=O)C2)CC1. The predicted molar refractivity (Wildman–Crippen MR) is 97.5 cm³/mol. The molecule has 2 aliphatic rings. The molecule has 24 heavy (non-hydrogen) atoms. The first-order chi connectivity index (χ1) is 11.4. The van der Waals surface area contributed by atoms with Crippen molar-refractivity contribution in [3.63, 3.8) is 0 Å². The van der Waals surface area contributed by atoms with E-state index < -0.39 is 9.84 Å². The smallest absolute Gasteiger partial charge is 0.246 e. The van der Waals surface area contributed by atoms with E-state index in [2.05, 4.69) is 15.9 Å². The Hall–Kier alpha value is -1.18. The van der Waals surface area contributed by atoms with E-state index in [0.29, 0.717) is 24.6 Å². The molecule has 0 unspecified atom stereocenters. The summed E-state index contributed by atoms with van der Waals surface area (Å²) in [5.74, 6) is 0.649. The molecule has 2 saturated heterocycles. The number of piperazine rings is 1. The van der Waals surface area contributed by atoms with Crippen molar-refractivity contribution in [3.8, 4) is 0 Å². The van der Waals surface area contributed by atoms with Crippen molar-refractivity contribution in [1.29, 1.82) is 0 Å². The molecule has 2 heterocycles. The molecule has 0 radical (unpaired) electrons. The molecule has 1 atom stereocenters. The Balaban J connectivity index is 1.51. The summed E-state index contributed by atoms with van der Waals surface area (Å²) in [6.07, 6.45) is 4.21. The van der Waals surface area contributed by atoms with E-state index in [0.717, 1.165) is 29.5 Å². The predicted octanol–water partition coefficient (Wildman–Crippen LogP) is 0.377. The maximum absolute atomic E-state index is 12.3. The molecule has 1 amide bonds. The van der Waals surface area contributed by atoms with Crippen LogP contribution < -0.4 is 4.90 Å². The average molecular weight is 414 g/mol. The number of benzene rings is 1. The molecule has 1 aromatic carbocycles. The third kappa shape index (κ3) is 4.46. The maximum atomic E-state index is 12.3. The number of hydrogen-bond acceptors (Lipinski definition) is 3. The molecule has 0 saturated carbocycles. The topological polar surface area (TPSA) is 58.9 Å². The molecule has 0 spiro atoms. The second-order valence-electron chi connectivity index (χ2n) is 6.47. The number of sulfone groups is 1. The lowest BCUT2D eigenvalue weighted by Crippen LogP contribution is -3.18. The standard InChI is InChI=1S/C17H21BrN2O3S/c18-15-4-1-14(2-5-15)3-6-17(21)20-10-8-19(9-11-20)16-7-12-24(22,23)13-16/h1-6,16H,7-13H2/p+1/b6-3+/t16-/m1/s1. The molecule has 0 aliphatic carbocycles. The zero-order chi connectivity index (χ0) is 17.2. The molecular formula is C17H22BrN2O3S+. The van der Waals surface area contributed by atoms with Crippen LogP contribution in [0.3, 0.4) is 0 Å². The number of carbonyl (C=O) groups is 1. The molecule has 7 heteroatoms. The van der Waals surface area contributed by atoms with Gasteiger partial charge in [0.05, 0.1) is 31.9 Å². The number of amides is 1. The number of nitrogens with one attached hydrogen (secondary N) is 1. The lowest BCUT2D eigenvalue weighted by molar-refractivity contribution is -0.925. The Morgan fingerprint density at radius 3 is 2.46 bits per heavy atom. The van der Waals surface area contributed by atoms with Crippen LogP contribution in [0.25, 0.3) is 6.08 Å². The van der Waals surface area contributed by atoms with Crippen LogP contribution in [0, 0.1) is 0 Å². The van der Waals surface area contributed by atoms with Crippen LogP contribution in [0.4, 0.5) is 0 Å². The van der Waals surface area contributed by atoms with E-state index in [1.54, 1.807) is 6.08 Å². The highest BCUT2D eigenvalue weighted by atomic mass is 79.9. The quantitative estimate of drug-likeness (QED) is 0.728. The first kappa shape index (κ1) is 17.6. The minimum absolute atomic E-state index is 0.0241. The van der Waals surface area contributed by atoms with Gasteiger partial charge in [-0.1, -0.05) is 28.1 Å². The summed E-state index contributed by atoms with van der Waals surface area (Å²) >= 11 is 3.39. The van der Waals surface area contributed by atoms with Gasteiger partial charge in [-0.25, -0.2) is 8.42 Å².